The van der Waals surface area contributed by atoms with Gasteiger partial charge in [-0.25, -0.2) is 8.78 Å². The minimum atomic E-state index is -1.15. The van der Waals surface area contributed by atoms with E-state index in [1.54, 1.807) is 14.2 Å². The summed E-state index contributed by atoms with van der Waals surface area (Å²) in [4.78, 5) is 27.0. The van der Waals surface area contributed by atoms with Crippen LogP contribution in [0, 0.1) is 31.4 Å². The number of amides is 2. The first-order valence-electron chi connectivity index (χ1n) is 8.89. The molecule has 3 rings (SSSR count). The summed E-state index contributed by atoms with van der Waals surface area (Å²) in [5.41, 5.74) is 2.46. The molecular weight excluding hydrogens is 366 g/mol. The van der Waals surface area contributed by atoms with Gasteiger partial charge in [0.15, 0.2) is 11.6 Å². The van der Waals surface area contributed by atoms with Crippen molar-refractivity contribution in [2.45, 2.75) is 19.8 Å². The largest absolute Gasteiger partial charge is 0.496 e. The molecule has 1 N–H and O–H groups in total. The Bertz CT molecular complexity index is 945. The van der Waals surface area contributed by atoms with E-state index in [-0.39, 0.29) is 11.6 Å². The number of likely N-dealkylation sites (N-methyl/N-ethyl adjacent to an activating group) is 1. The van der Waals surface area contributed by atoms with E-state index in [1.165, 1.54) is 17.0 Å². The Morgan fingerprint density at radius 2 is 1.96 bits per heavy atom. The van der Waals surface area contributed by atoms with Crippen molar-refractivity contribution in [1.82, 2.24) is 4.90 Å². The third-order valence-electron chi connectivity index (χ3n) is 5.30. The topological polar surface area (TPSA) is 58.6 Å². The van der Waals surface area contributed by atoms with E-state index >= 15 is 0 Å². The van der Waals surface area contributed by atoms with Crippen molar-refractivity contribution in [3.05, 3.63) is 58.7 Å². The van der Waals surface area contributed by atoms with Crippen LogP contribution in [0.2, 0.25) is 0 Å². The zero-order valence-electron chi connectivity index (χ0n) is 16.2. The lowest BCUT2D eigenvalue weighted by Gasteiger charge is -2.19. The van der Waals surface area contributed by atoms with Crippen LogP contribution in [0.15, 0.2) is 30.3 Å². The first-order valence-corrected chi connectivity index (χ1v) is 8.89. The van der Waals surface area contributed by atoms with Gasteiger partial charge in [0.05, 0.1) is 12.8 Å². The smallest absolute Gasteiger partial charge is 0.237 e. The molecule has 2 aromatic rings. The van der Waals surface area contributed by atoms with Gasteiger partial charge >= 0.3 is 0 Å². The van der Waals surface area contributed by atoms with Crippen molar-refractivity contribution in [2.75, 3.05) is 26.0 Å². The summed E-state index contributed by atoms with van der Waals surface area (Å²) < 4.78 is 32.8. The van der Waals surface area contributed by atoms with Gasteiger partial charge in [-0.3, -0.25) is 9.59 Å². The summed E-state index contributed by atoms with van der Waals surface area (Å²) >= 11 is 0. The van der Waals surface area contributed by atoms with Gasteiger partial charge in [-0.2, -0.15) is 0 Å². The molecule has 1 fully saturated rings. The summed E-state index contributed by atoms with van der Waals surface area (Å²) in [6.07, 6.45) is 0. The Labute approximate surface area is 162 Å². The van der Waals surface area contributed by atoms with Crippen LogP contribution in [0.5, 0.6) is 5.75 Å². The molecule has 1 heterocycles. The Morgan fingerprint density at radius 1 is 1.25 bits per heavy atom. The number of rotatable bonds is 4. The molecule has 2 amide bonds. The van der Waals surface area contributed by atoms with E-state index in [2.05, 4.69) is 5.32 Å². The molecule has 0 aliphatic carbocycles. The van der Waals surface area contributed by atoms with E-state index < -0.39 is 29.4 Å². The highest BCUT2D eigenvalue weighted by Gasteiger charge is 2.44. The Balaban J connectivity index is 1.96. The SMILES string of the molecule is COc1cc(C2CN(C)C(=O)C2C(=O)Nc2cccc(F)c2F)cc(C)c1C. The van der Waals surface area contributed by atoms with Gasteiger partial charge in [-0.15, -0.1) is 0 Å². The Kier molecular flexibility index (Phi) is 5.36. The monoisotopic (exact) mass is 388 g/mol. The molecule has 0 bridgehead atoms. The van der Waals surface area contributed by atoms with Gasteiger partial charge in [-0.05, 0) is 48.7 Å². The molecule has 1 aliphatic heterocycles. The number of nitrogens with zero attached hydrogens (tertiary/aromatic N) is 1. The maximum Gasteiger partial charge on any atom is 0.237 e. The van der Waals surface area contributed by atoms with Crippen LogP contribution in [0.1, 0.15) is 22.6 Å². The number of carbonyl (C=O) groups is 2. The number of ether oxygens (including phenoxy) is 1. The molecule has 5 nitrogen and oxygen atoms in total. The number of methoxy groups -OCH3 is 1. The van der Waals surface area contributed by atoms with Crippen LogP contribution in [0.4, 0.5) is 14.5 Å². The molecule has 148 valence electrons. The van der Waals surface area contributed by atoms with Gasteiger partial charge in [0.2, 0.25) is 11.8 Å². The second kappa shape index (κ2) is 7.58. The van der Waals surface area contributed by atoms with E-state index in [9.17, 15) is 18.4 Å². The third-order valence-corrected chi connectivity index (χ3v) is 5.30. The van der Waals surface area contributed by atoms with Crippen molar-refractivity contribution in [3.8, 4) is 5.75 Å². The zero-order chi connectivity index (χ0) is 20.6. The second-order valence-electron chi connectivity index (χ2n) is 7.06. The molecular formula is C21H22F2N2O3. The standard InChI is InChI=1S/C21H22F2N2O3/c1-11-8-13(9-17(28-4)12(11)2)14-10-25(3)21(27)18(14)20(26)24-16-7-5-6-15(22)19(16)23/h5-9,14,18H,10H2,1-4H3,(H,24,26). The molecule has 7 heteroatoms. The molecule has 1 saturated heterocycles. The Hall–Kier alpha value is -2.96. The van der Waals surface area contributed by atoms with Crippen LogP contribution in [0.25, 0.3) is 0 Å². The van der Waals surface area contributed by atoms with Crippen LogP contribution >= 0.6 is 0 Å². The summed E-state index contributed by atoms with van der Waals surface area (Å²) in [7, 11) is 3.18. The van der Waals surface area contributed by atoms with E-state index in [4.69, 9.17) is 4.74 Å². The molecule has 2 atom stereocenters. The fourth-order valence-electron chi connectivity index (χ4n) is 3.58. The van der Waals surface area contributed by atoms with Crippen molar-refractivity contribution in [3.63, 3.8) is 0 Å². The van der Waals surface area contributed by atoms with Crippen LogP contribution in [-0.2, 0) is 9.59 Å². The Morgan fingerprint density at radius 3 is 2.64 bits per heavy atom. The minimum absolute atomic E-state index is 0.288. The summed E-state index contributed by atoms with van der Waals surface area (Å²) in [6, 6.07) is 7.26. The molecule has 0 radical (unpaired) electrons. The van der Waals surface area contributed by atoms with Gasteiger partial charge in [0.1, 0.15) is 11.7 Å². The predicted molar refractivity (Wildman–Crippen MR) is 101 cm³/mol. The average Bonchev–Trinajstić information content (AvgIpc) is 2.96. The van der Waals surface area contributed by atoms with Crippen molar-refractivity contribution in [1.29, 1.82) is 0 Å². The molecule has 2 unspecified atom stereocenters. The third kappa shape index (κ3) is 3.44. The maximum absolute atomic E-state index is 13.9. The fraction of sp³-hybridized carbons (Fsp3) is 0.333. The molecule has 28 heavy (non-hydrogen) atoms. The van der Waals surface area contributed by atoms with Crippen LogP contribution < -0.4 is 10.1 Å². The molecule has 0 spiro atoms. The van der Waals surface area contributed by atoms with E-state index in [0.29, 0.717) is 12.3 Å². The first-order chi connectivity index (χ1) is 13.2. The maximum atomic E-state index is 13.9. The van der Waals surface area contributed by atoms with Crippen molar-refractivity contribution >= 4 is 17.5 Å². The number of halogens is 2. The average molecular weight is 388 g/mol. The fourth-order valence-corrected chi connectivity index (χ4v) is 3.58. The van der Waals surface area contributed by atoms with Gasteiger partial charge in [0, 0.05) is 19.5 Å². The molecule has 1 aliphatic rings. The highest BCUT2D eigenvalue weighted by atomic mass is 19.2. The number of carbonyl (C=O) groups excluding carboxylic acids is 2. The quantitative estimate of drug-likeness (QED) is 0.817. The number of likely N-dealkylation sites (tertiary alicyclic amines) is 1. The highest BCUT2D eigenvalue weighted by Crippen LogP contribution is 2.37. The lowest BCUT2D eigenvalue weighted by molar-refractivity contribution is -0.135. The molecule has 0 saturated carbocycles. The number of aryl methyl sites for hydroxylation is 1. The van der Waals surface area contributed by atoms with Gasteiger partial charge in [-0.1, -0.05) is 12.1 Å². The molecule has 2 aromatic carbocycles. The number of benzene rings is 2. The van der Waals surface area contributed by atoms with Crippen molar-refractivity contribution in [2.24, 2.45) is 5.92 Å². The normalized spacial score (nSPS) is 19.1. The van der Waals surface area contributed by atoms with E-state index in [0.717, 1.165) is 22.8 Å². The predicted octanol–water partition coefficient (Wildman–Crippen LogP) is 3.40. The van der Waals surface area contributed by atoms with Crippen LogP contribution in [-0.4, -0.2) is 37.4 Å². The molecule has 0 aromatic heterocycles. The second-order valence-corrected chi connectivity index (χ2v) is 7.06. The lowest BCUT2D eigenvalue weighted by atomic mass is 9.86. The van der Waals surface area contributed by atoms with Crippen molar-refractivity contribution < 1.29 is 23.1 Å². The van der Waals surface area contributed by atoms with Crippen LogP contribution in [0.3, 0.4) is 0 Å². The number of nitrogens with one attached hydrogen (secondary N) is 1. The lowest BCUT2D eigenvalue weighted by Crippen LogP contribution is -2.33. The highest BCUT2D eigenvalue weighted by molar-refractivity contribution is 6.08. The summed E-state index contributed by atoms with van der Waals surface area (Å²) in [6.45, 7) is 4.20. The van der Waals surface area contributed by atoms with Gasteiger partial charge < -0.3 is 15.0 Å². The van der Waals surface area contributed by atoms with E-state index in [1.807, 2.05) is 26.0 Å². The zero-order valence-corrected chi connectivity index (χ0v) is 16.2. The summed E-state index contributed by atoms with van der Waals surface area (Å²) in [5, 5.41) is 2.37. The summed E-state index contributed by atoms with van der Waals surface area (Å²) in [5.74, 6) is -4.05. The number of hydrogen-bond donors (Lipinski definition) is 1. The number of anilines is 1. The number of hydrogen-bond acceptors (Lipinski definition) is 3. The first kappa shape index (κ1) is 19.8. The van der Waals surface area contributed by atoms with Gasteiger partial charge in [0.25, 0.3) is 0 Å². The minimum Gasteiger partial charge on any atom is -0.496 e.